The largest absolute Gasteiger partial charge is 0.481 e. The average Bonchev–Trinajstić information content (AvgIpc) is 2.82. The van der Waals surface area contributed by atoms with E-state index >= 15 is 0 Å². The number of likely N-dealkylation sites (tertiary alicyclic amines) is 1. The Morgan fingerprint density at radius 1 is 1.38 bits per heavy atom. The number of hydrogen-bond acceptors (Lipinski definition) is 4. The van der Waals surface area contributed by atoms with Gasteiger partial charge in [0.1, 0.15) is 5.82 Å². The van der Waals surface area contributed by atoms with E-state index in [1.807, 2.05) is 18.2 Å². The first-order chi connectivity index (χ1) is 7.88. The van der Waals surface area contributed by atoms with Crippen LogP contribution in [0.2, 0.25) is 0 Å². The van der Waals surface area contributed by atoms with Gasteiger partial charge in [-0.1, -0.05) is 6.07 Å². The van der Waals surface area contributed by atoms with E-state index in [-0.39, 0.29) is 0 Å². The van der Waals surface area contributed by atoms with Crippen molar-refractivity contribution in [2.24, 2.45) is 0 Å². The standard InChI is InChI=1S/C12H19N3O/c1-16-12-6-4-5-11(14-12)13-7-10-15-8-2-3-9-15/h4-6H,2-3,7-10H2,1H3,(H,13,14). The highest BCUT2D eigenvalue weighted by Gasteiger charge is 2.10. The fourth-order valence-corrected chi connectivity index (χ4v) is 1.98. The molecule has 1 fully saturated rings. The van der Waals surface area contributed by atoms with Gasteiger partial charge in [0, 0.05) is 19.2 Å². The molecule has 0 amide bonds. The van der Waals surface area contributed by atoms with Crippen LogP contribution in [0.4, 0.5) is 5.82 Å². The molecule has 1 aromatic heterocycles. The number of ether oxygens (including phenoxy) is 1. The van der Waals surface area contributed by atoms with Gasteiger partial charge in [0.05, 0.1) is 7.11 Å². The highest BCUT2D eigenvalue weighted by atomic mass is 16.5. The topological polar surface area (TPSA) is 37.4 Å². The zero-order valence-electron chi connectivity index (χ0n) is 9.78. The van der Waals surface area contributed by atoms with Gasteiger partial charge in [0.2, 0.25) is 5.88 Å². The highest BCUT2D eigenvalue weighted by Crippen LogP contribution is 2.11. The van der Waals surface area contributed by atoms with Crippen molar-refractivity contribution < 1.29 is 4.74 Å². The molecule has 0 saturated carbocycles. The molecule has 0 aliphatic carbocycles. The molecule has 0 bridgehead atoms. The molecule has 1 aliphatic rings. The minimum absolute atomic E-state index is 0.658. The van der Waals surface area contributed by atoms with Crippen molar-refractivity contribution in [1.29, 1.82) is 0 Å². The Kier molecular flexibility index (Phi) is 3.99. The van der Waals surface area contributed by atoms with Gasteiger partial charge < -0.3 is 15.0 Å². The molecule has 1 aliphatic heterocycles. The van der Waals surface area contributed by atoms with Crippen molar-refractivity contribution in [3.05, 3.63) is 18.2 Å². The summed E-state index contributed by atoms with van der Waals surface area (Å²) < 4.78 is 5.07. The highest BCUT2D eigenvalue weighted by molar-refractivity contribution is 5.36. The average molecular weight is 221 g/mol. The van der Waals surface area contributed by atoms with E-state index in [0.29, 0.717) is 5.88 Å². The van der Waals surface area contributed by atoms with Crippen LogP contribution in [0.1, 0.15) is 12.8 Å². The third-order valence-electron chi connectivity index (χ3n) is 2.87. The SMILES string of the molecule is COc1cccc(NCCN2CCCC2)n1. The minimum atomic E-state index is 0.658. The van der Waals surface area contributed by atoms with Gasteiger partial charge in [-0.25, -0.2) is 0 Å². The molecule has 1 aromatic rings. The second kappa shape index (κ2) is 5.70. The van der Waals surface area contributed by atoms with E-state index in [2.05, 4.69) is 15.2 Å². The number of aromatic nitrogens is 1. The number of anilines is 1. The summed E-state index contributed by atoms with van der Waals surface area (Å²) >= 11 is 0. The minimum Gasteiger partial charge on any atom is -0.481 e. The number of pyridine rings is 1. The van der Waals surface area contributed by atoms with Gasteiger partial charge in [-0.05, 0) is 32.0 Å². The molecule has 2 rings (SSSR count). The zero-order chi connectivity index (χ0) is 11.2. The van der Waals surface area contributed by atoms with E-state index in [4.69, 9.17) is 4.74 Å². The Morgan fingerprint density at radius 2 is 2.19 bits per heavy atom. The summed E-state index contributed by atoms with van der Waals surface area (Å²) in [5, 5.41) is 3.31. The van der Waals surface area contributed by atoms with Crippen molar-refractivity contribution in [3.63, 3.8) is 0 Å². The van der Waals surface area contributed by atoms with Crippen molar-refractivity contribution >= 4 is 5.82 Å². The van der Waals surface area contributed by atoms with E-state index in [1.54, 1.807) is 7.11 Å². The molecular weight excluding hydrogens is 202 g/mol. The summed E-state index contributed by atoms with van der Waals surface area (Å²) in [5.41, 5.74) is 0. The first kappa shape index (κ1) is 11.2. The Balaban J connectivity index is 1.75. The number of rotatable bonds is 5. The second-order valence-electron chi connectivity index (χ2n) is 4.04. The third kappa shape index (κ3) is 3.10. The summed E-state index contributed by atoms with van der Waals surface area (Å²) in [4.78, 5) is 6.78. The van der Waals surface area contributed by atoms with Crippen molar-refractivity contribution in [3.8, 4) is 5.88 Å². The summed E-state index contributed by atoms with van der Waals surface area (Å²) in [6, 6.07) is 5.77. The van der Waals surface area contributed by atoms with Crippen LogP contribution < -0.4 is 10.1 Å². The first-order valence-electron chi connectivity index (χ1n) is 5.86. The van der Waals surface area contributed by atoms with E-state index in [0.717, 1.165) is 18.9 Å². The maximum absolute atomic E-state index is 5.07. The fraction of sp³-hybridized carbons (Fsp3) is 0.583. The molecule has 0 radical (unpaired) electrons. The predicted octanol–water partition coefficient (Wildman–Crippen LogP) is 1.60. The summed E-state index contributed by atoms with van der Waals surface area (Å²) in [5.74, 6) is 1.55. The number of hydrogen-bond donors (Lipinski definition) is 1. The zero-order valence-corrected chi connectivity index (χ0v) is 9.78. The van der Waals surface area contributed by atoms with Crippen molar-refractivity contribution in [2.75, 3.05) is 38.6 Å². The lowest BCUT2D eigenvalue weighted by atomic mass is 10.4. The molecule has 4 nitrogen and oxygen atoms in total. The number of methoxy groups -OCH3 is 1. The molecule has 4 heteroatoms. The van der Waals surface area contributed by atoms with Crippen LogP contribution in [0.5, 0.6) is 5.88 Å². The Bertz CT molecular complexity index is 324. The molecule has 16 heavy (non-hydrogen) atoms. The Morgan fingerprint density at radius 3 is 2.94 bits per heavy atom. The monoisotopic (exact) mass is 221 g/mol. The van der Waals surface area contributed by atoms with Crippen LogP contribution in [0.15, 0.2) is 18.2 Å². The molecule has 0 aromatic carbocycles. The van der Waals surface area contributed by atoms with Crippen molar-refractivity contribution in [1.82, 2.24) is 9.88 Å². The third-order valence-corrected chi connectivity index (χ3v) is 2.87. The Labute approximate surface area is 96.6 Å². The maximum atomic E-state index is 5.07. The molecule has 0 unspecified atom stereocenters. The summed E-state index contributed by atoms with van der Waals surface area (Å²) in [6.45, 7) is 4.53. The lowest BCUT2D eigenvalue weighted by Crippen LogP contribution is -2.26. The van der Waals surface area contributed by atoms with E-state index in [9.17, 15) is 0 Å². The molecule has 88 valence electrons. The van der Waals surface area contributed by atoms with Gasteiger partial charge >= 0.3 is 0 Å². The van der Waals surface area contributed by atoms with Crippen LogP contribution >= 0.6 is 0 Å². The molecule has 0 spiro atoms. The van der Waals surface area contributed by atoms with Gasteiger partial charge in [0.15, 0.2) is 0 Å². The van der Waals surface area contributed by atoms with E-state index in [1.165, 1.54) is 25.9 Å². The Hall–Kier alpha value is -1.29. The molecule has 1 saturated heterocycles. The summed E-state index contributed by atoms with van der Waals surface area (Å²) in [7, 11) is 1.64. The van der Waals surface area contributed by atoms with Crippen molar-refractivity contribution in [2.45, 2.75) is 12.8 Å². The molecular formula is C12H19N3O. The lowest BCUT2D eigenvalue weighted by molar-refractivity contribution is 0.352. The van der Waals surface area contributed by atoms with Crippen LogP contribution in [0, 0.1) is 0 Å². The normalized spacial score (nSPS) is 16.3. The molecule has 1 N–H and O–H groups in total. The fourth-order valence-electron chi connectivity index (χ4n) is 1.98. The van der Waals surface area contributed by atoms with Gasteiger partial charge in [-0.15, -0.1) is 0 Å². The van der Waals surface area contributed by atoms with Crippen LogP contribution in [-0.4, -0.2) is 43.2 Å². The smallest absolute Gasteiger partial charge is 0.214 e. The van der Waals surface area contributed by atoms with Crippen LogP contribution in [0.25, 0.3) is 0 Å². The van der Waals surface area contributed by atoms with E-state index < -0.39 is 0 Å². The second-order valence-corrected chi connectivity index (χ2v) is 4.04. The lowest BCUT2D eigenvalue weighted by Gasteiger charge is -2.15. The number of nitrogens with one attached hydrogen (secondary N) is 1. The summed E-state index contributed by atoms with van der Waals surface area (Å²) in [6.07, 6.45) is 2.69. The van der Waals surface area contributed by atoms with Gasteiger partial charge in [-0.2, -0.15) is 4.98 Å². The van der Waals surface area contributed by atoms with Crippen LogP contribution in [0.3, 0.4) is 0 Å². The number of nitrogens with zero attached hydrogens (tertiary/aromatic N) is 2. The van der Waals surface area contributed by atoms with Gasteiger partial charge in [0.25, 0.3) is 0 Å². The quantitative estimate of drug-likeness (QED) is 0.819. The van der Waals surface area contributed by atoms with Crippen LogP contribution in [-0.2, 0) is 0 Å². The first-order valence-corrected chi connectivity index (χ1v) is 5.86. The maximum Gasteiger partial charge on any atom is 0.214 e. The molecule has 2 heterocycles. The van der Waals surface area contributed by atoms with Gasteiger partial charge in [-0.3, -0.25) is 0 Å². The molecule has 0 atom stereocenters. The predicted molar refractivity (Wildman–Crippen MR) is 65.0 cm³/mol.